The van der Waals surface area contributed by atoms with Gasteiger partial charge in [0, 0.05) is 29.6 Å². The third kappa shape index (κ3) is 4.43. The topological polar surface area (TPSA) is 72.6 Å². The quantitative estimate of drug-likeness (QED) is 0.578. The lowest BCUT2D eigenvalue weighted by Gasteiger charge is -2.30. The number of oxazole rings is 1. The Morgan fingerprint density at radius 2 is 1.90 bits per heavy atom. The standard InChI is InChI=1S/C22H21ClN2O4/c1-14(26)15-2-5-18(6-3-15)28-13-21(27)25-10-8-16(9-11-25)22-24-19-12-17(23)4-7-20(19)29-22/h2-7,12,16H,8-11,13H2,1H3. The van der Waals surface area contributed by atoms with Gasteiger partial charge >= 0.3 is 0 Å². The predicted molar refractivity (Wildman–Crippen MR) is 110 cm³/mol. The molecule has 0 N–H and O–H groups in total. The summed E-state index contributed by atoms with van der Waals surface area (Å²) < 4.78 is 11.4. The second-order valence-electron chi connectivity index (χ2n) is 7.19. The summed E-state index contributed by atoms with van der Waals surface area (Å²) in [5, 5.41) is 0.633. The molecule has 2 heterocycles. The number of aromatic nitrogens is 1. The molecule has 2 aromatic carbocycles. The van der Waals surface area contributed by atoms with Gasteiger partial charge in [0.15, 0.2) is 23.9 Å². The van der Waals surface area contributed by atoms with E-state index in [2.05, 4.69) is 4.98 Å². The smallest absolute Gasteiger partial charge is 0.260 e. The van der Waals surface area contributed by atoms with Gasteiger partial charge in [0.2, 0.25) is 0 Å². The van der Waals surface area contributed by atoms with Crippen LogP contribution in [0.25, 0.3) is 11.1 Å². The molecule has 1 aromatic heterocycles. The third-order valence-corrected chi connectivity index (χ3v) is 5.42. The van der Waals surface area contributed by atoms with Gasteiger partial charge in [0.05, 0.1) is 0 Å². The summed E-state index contributed by atoms with van der Waals surface area (Å²) in [7, 11) is 0. The molecular weight excluding hydrogens is 392 g/mol. The number of ether oxygens (including phenoxy) is 1. The Morgan fingerprint density at radius 1 is 1.17 bits per heavy atom. The fourth-order valence-corrected chi connectivity index (χ4v) is 3.66. The first-order chi connectivity index (χ1) is 14.0. The fraction of sp³-hybridized carbons (Fsp3) is 0.318. The molecule has 1 aliphatic rings. The average molecular weight is 413 g/mol. The second kappa shape index (κ2) is 8.25. The second-order valence-corrected chi connectivity index (χ2v) is 7.62. The number of hydrogen-bond donors (Lipinski definition) is 0. The number of benzene rings is 2. The highest BCUT2D eigenvalue weighted by atomic mass is 35.5. The molecule has 150 valence electrons. The van der Waals surface area contributed by atoms with Crippen molar-refractivity contribution in [2.75, 3.05) is 19.7 Å². The molecule has 0 bridgehead atoms. The van der Waals surface area contributed by atoms with Crippen LogP contribution in [0.4, 0.5) is 0 Å². The minimum Gasteiger partial charge on any atom is -0.484 e. The first kappa shape index (κ1) is 19.5. The Labute approximate surface area is 173 Å². The minimum atomic E-state index is -0.0524. The largest absolute Gasteiger partial charge is 0.484 e. The van der Waals surface area contributed by atoms with Gasteiger partial charge in [-0.3, -0.25) is 9.59 Å². The predicted octanol–water partition coefficient (Wildman–Crippen LogP) is 4.47. The fourth-order valence-electron chi connectivity index (χ4n) is 3.49. The van der Waals surface area contributed by atoms with Crippen LogP contribution < -0.4 is 4.74 Å². The highest BCUT2D eigenvalue weighted by Gasteiger charge is 2.27. The number of nitrogens with zero attached hydrogens (tertiary/aromatic N) is 2. The number of piperidine rings is 1. The van der Waals surface area contributed by atoms with E-state index in [4.69, 9.17) is 20.8 Å². The normalized spacial score (nSPS) is 14.9. The van der Waals surface area contributed by atoms with Crippen molar-refractivity contribution in [3.63, 3.8) is 0 Å². The number of halogens is 1. The van der Waals surface area contributed by atoms with Gasteiger partial charge in [0.1, 0.15) is 11.3 Å². The zero-order valence-electron chi connectivity index (χ0n) is 16.1. The summed E-state index contributed by atoms with van der Waals surface area (Å²) in [6.07, 6.45) is 1.58. The van der Waals surface area contributed by atoms with E-state index in [-0.39, 0.29) is 24.2 Å². The van der Waals surface area contributed by atoms with E-state index < -0.39 is 0 Å². The number of ketones is 1. The molecule has 0 saturated carbocycles. The zero-order valence-corrected chi connectivity index (χ0v) is 16.8. The van der Waals surface area contributed by atoms with E-state index in [0.717, 1.165) is 23.9 Å². The maximum absolute atomic E-state index is 12.5. The van der Waals surface area contributed by atoms with Crippen molar-refractivity contribution in [3.05, 3.63) is 58.9 Å². The Hall–Kier alpha value is -2.86. The van der Waals surface area contributed by atoms with Crippen LogP contribution >= 0.6 is 11.6 Å². The van der Waals surface area contributed by atoms with Gasteiger partial charge in [-0.25, -0.2) is 4.98 Å². The highest BCUT2D eigenvalue weighted by Crippen LogP contribution is 2.30. The van der Waals surface area contributed by atoms with Crippen LogP contribution in [0.2, 0.25) is 5.02 Å². The number of Topliss-reactive ketones (excluding diaryl/α,β-unsaturated/α-hetero) is 1. The molecule has 7 heteroatoms. The first-order valence-electron chi connectivity index (χ1n) is 9.57. The molecule has 1 fully saturated rings. The molecule has 0 radical (unpaired) electrons. The molecule has 1 saturated heterocycles. The molecular formula is C22H21ClN2O4. The monoisotopic (exact) mass is 412 g/mol. The van der Waals surface area contributed by atoms with Gasteiger partial charge in [-0.15, -0.1) is 0 Å². The van der Waals surface area contributed by atoms with Gasteiger partial charge in [-0.05, 0) is 62.2 Å². The van der Waals surface area contributed by atoms with E-state index in [1.807, 2.05) is 6.07 Å². The van der Waals surface area contributed by atoms with Crippen LogP contribution in [0, 0.1) is 0 Å². The van der Waals surface area contributed by atoms with Crippen LogP contribution in [0.5, 0.6) is 5.75 Å². The molecule has 1 amide bonds. The summed E-state index contributed by atoms with van der Waals surface area (Å²) >= 11 is 6.01. The Bertz CT molecular complexity index is 1040. The van der Waals surface area contributed by atoms with Crippen LogP contribution in [0.15, 0.2) is 46.9 Å². The van der Waals surface area contributed by atoms with Crippen molar-refractivity contribution in [1.82, 2.24) is 9.88 Å². The van der Waals surface area contributed by atoms with Crippen LogP contribution in [0.1, 0.15) is 41.9 Å². The molecule has 0 aliphatic carbocycles. The van der Waals surface area contributed by atoms with E-state index in [1.165, 1.54) is 6.92 Å². The van der Waals surface area contributed by atoms with Crippen molar-refractivity contribution in [1.29, 1.82) is 0 Å². The Morgan fingerprint density at radius 3 is 2.59 bits per heavy atom. The number of carbonyl (C=O) groups is 2. The van der Waals surface area contributed by atoms with Crippen molar-refractivity contribution >= 4 is 34.4 Å². The number of hydrogen-bond acceptors (Lipinski definition) is 5. The van der Waals surface area contributed by atoms with E-state index in [9.17, 15) is 9.59 Å². The average Bonchev–Trinajstić information content (AvgIpc) is 3.15. The molecule has 1 aliphatic heterocycles. The van der Waals surface area contributed by atoms with Crippen LogP contribution in [-0.4, -0.2) is 41.3 Å². The molecule has 29 heavy (non-hydrogen) atoms. The van der Waals surface area contributed by atoms with Crippen molar-refractivity contribution in [2.45, 2.75) is 25.7 Å². The van der Waals surface area contributed by atoms with E-state index >= 15 is 0 Å². The number of likely N-dealkylation sites (tertiary alicyclic amines) is 1. The van der Waals surface area contributed by atoms with Crippen LogP contribution in [-0.2, 0) is 4.79 Å². The summed E-state index contributed by atoms with van der Waals surface area (Å²) in [5.74, 6) is 1.41. The third-order valence-electron chi connectivity index (χ3n) is 5.19. The number of amides is 1. The van der Waals surface area contributed by atoms with Gasteiger partial charge in [-0.1, -0.05) is 11.6 Å². The van der Waals surface area contributed by atoms with E-state index in [0.29, 0.717) is 35.3 Å². The van der Waals surface area contributed by atoms with Gasteiger partial charge < -0.3 is 14.1 Å². The zero-order chi connectivity index (χ0) is 20.4. The maximum Gasteiger partial charge on any atom is 0.260 e. The summed E-state index contributed by atoms with van der Waals surface area (Å²) in [6.45, 7) is 2.76. The summed E-state index contributed by atoms with van der Waals surface area (Å²) in [6, 6.07) is 12.2. The van der Waals surface area contributed by atoms with Crippen molar-refractivity contribution in [3.8, 4) is 5.75 Å². The molecule has 0 spiro atoms. The van der Waals surface area contributed by atoms with Crippen molar-refractivity contribution in [2.24, 2.45) is 0 Å². The molecule has 6 nitrogen and oxygen atoms in total. The molecule has 3 aromatic rings. The number of fused-ring (bicyclic) bond motifs is 1. The van der Waals surface area contributed by atoms with Crippen LogP contribution in [0.3, 0.4) is 0 Å². The van der Waals surface area contributed by atoms with Gasteiger partial charge in [0.25, 0.3) is 5.91 Å². The maximum atomic E-state index is 12.5. The Kier molecular flexibility index (Phi) is 5.53. The number of rotatable bonds is 5. The lowest BCUT2D eigenvalue weighted by atomic mass is 9.97. The highest BCUT2D eigenvalue weighted by molar-refractivity contribution is 6.31. The summed E-state index contributed by atoms with van der Waals surface area (Å²) in [4.78, 5) is 30.1. The van der Waals surface area contributed by atoms with E-state index in [1.54, 1.807) is 41.3 Å². The first-order valence-corrected chi connectivity index (χ1v) is 9.95. The lowest BCUT2D eigenvalue weighted by molar-refractivity contribution is -0.134. The Balaban J connectivity index is 1.30. The molecule has 4 rings (SSSR count). The SMILES string of the molecule is CC(=O)c1ccc(OCC(=O)N2CCC(c3nc4cc(Cl)ccc4o3)CC2)cc1. The minimum absolute atomic E-state index is 0.00228. The lowest BCUT2D eigenvalue weighted by Crippen LogP contribution is -2.40. The summed E-state index contributed by atoms with van der Waals surface area (Å²) in [5.41, 5.74) is 2.11. The molecule has 0 atom stereocenters. The van der Waals surface area contributed by atoms with Crippen molar-refractivity contribution < 1.29 is 18.7 Å². The number of carbonyl (C=O) groups excluding carboxylic acids is 2. The molecule has 0 unspecified atom stereocenters. The van der Waals surface area contributed by atoms with Gasteiger partial charge in [-0.2, -0.15) is 0 Å².